The molecule has 28 heavy (non-hydrogen) atoms. The van der Waals surface area contributed by atoms with Crippen LogP contribution in [0.25, 0.3) is 0 Å². The standard InChI is InChI=1S/C22H28N2O2S2/c1-15(2)13-23-21(25)17-9-5-7-11-19(17)27-28-20-12-8-6-10-18(20)22(26)24-14-16(3)4/h5-12,15-16H,13-14H2,1-4H3,(H,23,25)(H,24,26). The maximum atomic E-state index is 12.5. The van der Waals surface area contributed by atoms with Crippen molar-refractivity contribution in [3.8, 4) is 0 Å². The molecule has 0 radical (unpaired) electrons. The zero-order valence-corrected chi connectivity index (χ0v) is 18.5. The molecule has 0 aliphatic rings. The Bertz CT molecular complexity index is 739. The quantitative estimate of drug-likeness (QED) is 0.548. The molecule has 0 aliphatic heterocycles. The third-order valence-corrected chi connectivity index (χ3v) is 6.31. The summed E-state index contributed by atoms with van der Waals surface area (Å²) in [5, 5.41) is 5.94. The molecule has 2 aromatic carbocycles. The summed E-state index contributed by atoms with van der Waals surface area (Å²) < 4.78 is 0. The van der Waals surface area contributed by atoms with E-state index in [9.17, 15) is 9.59 Å². The maximum absolute atomic E-state index is 12.5. The van der Waals surface area contributed by atoms with E-state index in [2.05, 4.69) is 38.3 Å². The van der Waals surface area contributed by atoms with Crippen LogP contribution in [0.3, 0.4) is 0 Å². The second-order valence-corrected chi connectivity index (χ2v) is 9.58. The van der Waals surface area contributed by atoms with E-state index in [0.717, 1.165) is 9.79 Å². The molecule has 0 heterocycles. The van der Waals surface area contributed by atoms with Crippen LogP contribution in [-0.2, 0) is 0 Å². The van der Waals surface area contributed by atoms with Crippen LogP contribution in [-0.4, -0.2) is 24.9 Å². The Balaban J connectivity index is 2.11. The number of hydrogen-bond acceptors (Lipinski definition) is 4. The maximum Gasteiger partial charge on any atom is 0.252 e. The van der Waals surface area contributed by atoms with E-state index in [1.807, 2.05) is 48.5 Å². The molecule has 0 unspecified atom stereocenters. The molecule has 2 N–H and O–H groups in total. The summed E-state index contributed by atoms with van der Waals surface area (Å²) in [7, 11) is 2.99. The van der Waals surface area contributed by atoms with Gasteiger partial charge in [-0.05, 0) is 36.1 Å². The van der Waals surface area contributed by atoms with Crippen LogP contribution in [0.1, 0.15) is 48.4 Å². The molecular formula is C22H28N2O2S2. The molecule has 0 aliphatic carbocycles. The molecule has 150 valence electrons. The lowest BCUT2D eigenvalue weighted by atomic mass is 10.2. The van der Waals surface area contributed by atoms with E-state index in [-0.39, 0.29) is 11.8 Å². The second-order valence-electron chi connectivity index (χ2n) is 7.37. The van der Waals surface area contributed by atoms with Crippen molar-refractivity contribution < 1.29 is 9.59 Å². The largest absolute Gasteiger partial charge is 0.352 e. The van der Waals surface area contributed by atoms with Gasteiger partial charge in [-0.2, -0.15) is 0 Å². The smallest absolute Gasteiger partial charge is 0.252 e. The molecule has 2 rings (SSSR count). The molecule has 0 aromatic heterocycles. The molecule has 6 heteroatoms. The van der Waals surface area contributed by atoms with Crippen molar-refractivity contribution in [1.29, 1.82) is 0 Å². The van der Waals surface area contributed by atoms with Crippen molar-refractivity contribution in [2.24, 2.45) is 11.8 Å². The first-order chi connectivity index (χ1) is 13.4. The normalized spacial score (nSPS) is 10.9. The van der Waals surface area contributed by atoms with Gasteiger partial charge in [-0.1, -0.05) is 73.5 Å². The van der Waals surface area contributed by atoms with E-state index in [0.29, 0.717) is 36.1 Å². The highest BCUT2D eigenvalue weighted by Crippen LogP contribution is 2.40. The van der Waals surface area contributed by atoms with E-state index < -0.39 is 0 Å². The van der Waals surface area contributed by atoms with Crippen LogP contribution >= 0.6 is 21.6 Å². The monoisotopic (exact) mass is 416 g/mol. The summed E-state index contributed by atoms with van der Waals surface area (Å²) in [6.45, 7) is 9.56. The Labute approximate surface area is 175 Å². The van der Waals surface area contributed by atoms with Crippen molar-refractivity contribution >= 4 is 33.4 Å². The summed E-state index contributed by atoms with van der Waals surface area (Å²) in [5.41, 5.74) is 1.31. The van der Waals surface area contributed by atoms with Gasteiger partial charge in [0.2, 0.25) is 0 Å². The Morgan fingerprint density at radius 2 is 1.07 bits per heavy atom. The van der Waals surface area contributed by atoms with Crippen molar-refractivity contribution in [2.45, 2.75) is 37.5 Å². The first kappa shape index (κ1) is 22.4. The van der Waals surface area contributed by atoms with Gasteiger partial charge in [0.15, 0.2) is 0 Å². The predicted octanol–water partition coefficient (Wildman–Crippen LogP) is 5.26. The van der Waals surface area contributed by atoms with Crippen LogP contribution in [0, 0.1) is 11.8 Å². The predicted molar refractivity (Wildman–Crippen MR) is 119 cm³/mol. The highest BCUT2D eigenvalue weighted by Gasteiger charge is 2.15. The van der Waals surface area contributed by atoms with Gasteiger partial charge >= 0.3 is 0 Å². The zero-order valence-electron chi connectivity index (χ0n) is 16.8. The number of carbonyl (C=O) groups excluding carboxylic acids is 2. The lowest BCUT2D eigenvalue weighted by molar-refractivity contribution is 0.0938. The van der Waals surface area contributed by atoms with Crippen LogP contribution in [0.2, 0.25) is 0 Å². The first-order valence-electron chi connectivity index (χ1n) is 9.47. The lowest BCUT2D eigenvalue weighted by Gasteiger charge is -2.13. The first-order valence-corrected chi connectivity index (χ1v) is 11.6. The fourth-order valence-electron chi connectivity index (χ4n) is 2.33. The van der Waals surface area contributed by atoms with Gasteiger partial charge in [0.1, 0.15) is 0 Å². The molecule has 4 nitrogen and oxygen atoms in total. The fraction of sp³-hybridized carbons (Fsp3) is 0.364. The van der Waals surface area contributed by atoms with Crippen molar-refractivity contribution in [2.75, 3.05) is 13.1 Å². The number of amides is 2. The number of nitrogens with one attached hydrogen (secondary N) is 2. The molecule has 0 atom stereocenters. The Kier molecular flexibility index (Phi) is 8.93. The van der Waals surface area contributed by atoms with Crippen LogP contribution in [0.4, 0.5) is 0 Å². The molecule has 2 amide bonds. The third-order valence-electron chi connectivity index (χ3n) is 3.83. The SMILES string of the molecule is CC(C)CNC(=O)c1ccccc1SSc1ccccc1C(=O)NCC(C)C. The van der Waals surface area contributed by atoms with Crippen molar-refractivity contribution in [1.82, 2.24) is 10.6 Å². The number of rotatable bonds is 9. The minimum Gasteiger partial charge on any atom is -0.352 e. The van der Waals surface area contributed by atoms with Gasteiger partial charge < -0.3 is 10.6 Å². The molecule has 2 aromatic rings. The van der Waals surface area contributed by atoms with E-state index >= 15 is 0 Å². The van der Waals surface area contributed by atoms with Gasteiger partial charge in [0.25, 0.3) is 11.8 Å². The van der Waals surface area contributed by atoms with Crippen molar-refractivity contribution in [3.63, 3.8) is 0 Å². The number of hydrogen-bond donors (Lipinski definition) is 2. The van der Waals surface area contributed by atoms with E-state index in [4.69, 9.17) is 0 Å². The molecule has 0 spiro atoms. The molecule has 0 saturated heterocycles. The van der Waals surface area contributed by atoms with Gasteiger partial charge in [-0.15, -0.1) is 0 Å². The van der Waals surface area contributed by atoms with Crippen molar-refractivity contribution in [3.05, 3.63) is 59.7 Å². The summed E-state index contributed by atoms with van der Waals surface area (Å²) in [6, 6.07) is 15.1. The topological polar surface area (TPSA) is 58.2 Å². The summed E-state index contributed by atoms with van der Waals surface area (Å²) in [6.07, 6.45) is 0. The Hall–Kier alpha value is -1.92. The lowest BCUT2D eigenvalue weighted by Crippen LogP contribution is -2.27. The molecule has 0 bridgehead atoms. The zero-order chi connectivity index (χ0) is 20.5. The Morgan fingerprint density at radius 1 is 0.714 bits per heavy atom. The van der Waals surface area contributed by atoms with Crippen LogP contribution in [0.15, 0.2) is 58.3 Å². The van der Waals surface area contributed by atoms with Gasteiger partial charge in [0, 0.05) is 22.9 Å². The second kappa shape index (κ2) is 11.2. The highest BCUT2D eigenvalue weighted by molar-refractivity contribution is 8.76. The number of carbonyl (C=O) groups is 2. The average molecular weight is 417 g/mol. The third kappa shape index (κ3) is 6.91. The van der Waals surface area contributed by atoms with Gasteiger partial charge in [-0.3, -0.25) is 9.59 Å². The Morgan fingerprint density at radius 3 is 1.43 bits per heavy atom. The van der Waals surface area contributed by atoms with Crippen LogP contribution < -0.4 is 10.6 Å². The van der Waals surface area contributed by atoms with E-state index in [1.165, 1.54) is 21.6 Å². The molecular weight excluding hydrogens is 388 g/mol. The minimum atomic E-state index is -0.0691. The summed E-state index contributed by atoms with van der Waals surface area (Å²) in [5.74, 6) is 0.657. The van der Waals surface area contributed by atoms with Crippen LogP contribution in [0.5, 0.6) is 0 Å². The fourth-order valence-corrected chi connectivity index (χ4v) is 4.69. The molecule has 0 fully saturated rings. The minimum absolute atomic E-state index is 0.0691. The summed E-state index contributed by atoms with van der Waals surface area (Å²) in [4.78, 5) is 26.8. The average Bonchev–Trinajstić information content (AvgIpc) is 2.69. The summed E-state index contributed by atoms with van der Waals surface area (Å²) >= 11 is 0. The van der Waals surface area contributed by atoms with Gasteiger partial charge in [-0.25, -0.2) is 0 Å². The number of benzene rings is 2. The molecule has 0 saturated carbocycles. The van der Waals surface area contributed by atoms with Gasteiger partial charge in [0.05, 0.1) is 11.1 Å². The van der Waals surface area contributed by atoms with E-state index in [1.54, 1.807) is 0 Å². The highest BCUT2D eigenvalue weighted by atomic mass is 33.1.